The van der Waals surface area contributed by atoms with Crippen LogP contribution in [0.15, 0.2) is 127 Å². The number of benzene rings is 6. The molecule has 2 heterocycles. The molecule has 0 N–H and O–H groups in total. The summed E-state index contributed by atoms with van der Waals surface area (Å²) in [5, 5.41) is 24.0. The molecule has 3 nitrogen and oxygen atoms in total. The molecule has 0 radical (unpaired) electrons. The first-order valence-corrected chi connectivity index (χ1v) is 15.5. The largest absolute Gasteiger partial charge is 0.310 e. The lowest BCUT2D eigenvalue weighted by molar-refractivity contribution is 1.30. The Hall–Kier alpha value is -5.46. The van der Waals surface area contributed by atoms with Gasteiger partial charge in [-0.1, -0.05) is 48.5 Å². The second-order valence-electron chi connectivity index (χ2n) is 10.5. The highest BCUT2D eigenvalue weighted by molar-refractivity contribution is 7.26. The van der Waals surface area contributed by atoms with Crippen LogP contribution >= 0.6 is 22.7 Å². The molecule has 0 amide bonds. The maximum absolute atomic E-state index is 9.48. The molecular weight excluding hydrogens is 563 g/mol. The van der Waals surface area contributed by atoms with Gasteiger partial charge in [-0.15, -0.1) is 22.7 Å². The second-order valence-corrected chi connectivity index (χ2v) is 12.6. The monoisotopic (exact) mass is 583 g/mol. The highest BCUT2D eigenvalue weighted by atomic mass is 32.1. The van der Waals surface area contributed by atoms with E-state index < -0.39 is 0 Å². The van der Waals surface area contributed by atoms with E-state index in [1.807, 2.05) is 34.8 Å². The molecule has 0 spiro atoms. The van der Waals surface area contributed by atoms with E-state index in [4.69, 9.17) is 0 Å². The number of thiophene rings is 2. The minimum Gasteiger partial charge on any atom is -0.310 e. The minimum atomic E-state index is 0.479. The lowest BCUT2D eigenvalue weighted by Crippen LogP contribution is -2.09. The van der Waals surface area contributed by atoms with Gasteiger partial charge in [-0.3, -0.25) is 0 Å². The van der Waals surface area contributed by atoms with E-state index in [9.17, 15) is 10.5 Å². The van der Waals surface area contributed by atoms with E-state index in [0.717, 1.165) is 28.2 Å². The molecule has 0 aliphatic carbocycles. The number of anilines is 3. The van der Waals surface area contributed by atoms with Gasteiger partial charge in [-0.2, -0.15) is 10.5 Å². The maximum Gasteiger partial charge on any atom is 0.0992 e. The quantitative estimate of drug-likeness (QED) is 0.207. The Morgan fingerprint density at radius 2 is 0.884 bits per heavy atom. The first-order chi connectivity index (χ1) is 21.2. The Morgan fingerprint density at radius 3 is 1.40 bits per heavy atom. The minimum absolute atomic E-state index is 0.479. The molecular formula is C38H21N3S2. The van der Waals surface area contributed by atoms with E-state index in [-0.39, 0.29) is 0 Å². The van der Waals surface area contributed by atoms with Crippen molar-refractivity contribution in [1.29, 1.82) is 10.5 Å². The standard InChI is InChI=1S/C38H21N3S2/c39-22-24-17-25(23-40)19-27(18-24)26-9-11-28(12-10-26)41(29-13-15-37-33(20-29)31-5-1-3-7-35(31)42-37)30-14-16-38-34(21-30)32-6-2-4-8-36(32)43-38/h1-21H. The Morgan fingerprint density at radius 1 is 0.419 bits per heavy atom. The summed E-state index contributed by atoms with van der Waals surface area (Å²) in [7, 11) is 0. The number of fused-ring (bicyclic) bond motifs is 6. The van der Waals surface area contributed by atoms with Crippen LogP contribution in [0.3, 0.4) is 0 Å². The predicted octanol–water partition coefficient (Wildman–Crippen LogP) is 11.3. The zero-order valence-corrected chi connectivity index (χ0v) is 24.4. The third-order valence-corrected chi connectivity index (χ3v) is 10.2. The molecule has 8 aromatic rings. The van der Waals surface area contributed by atoms with Crippen LogP contribution in [0.4, 0.5) is 17.1 Å². The molecule has 8 rings (SSSR count). The molecule has 43 heavy (non-hydrogen) atoms. The highest BCUT2D eigenvalue weighted by Crippen LogP contribution is 2.43. The smallest absolute Gasteiger partial charge is 0.0992 e. The first-order valence-electron chi connectivity index (χ1n) is 13.9. The Kier molecular flexibility index (Phi) is 5.94. The normalized spacial score (nSPS) is 11.2. The third kappa shape index (κ3) is 4.31. The first kappa shape index (κ1) is 25.3. The zero-order valence-electron chi connectivity index (χ0n) is 22.8. The van der Waals surface area contributed by atoms with Crippen molar-refractivity contribution in [2.75, 3.05) is 4.90 Å². The molecule has 2 aromatic heterocycles. The van der Waals surface area contributed by atoms with E-state index in [0.29, 0.717) is 11.1 Å². The van der Waals surface area contributed by atoms with E-state index >= 15 is 0 Å². The van der Waals surface area contributed by atoms with Crippen molar-refractivity contribution >= 4 is 80.1 Å². The Bertz CT molecular complexity index is 2290. The molecule has 0 aliphatic heterocycles. The fraction of sp³-hybridized carbons (Fsp3) is 0. The number of hydrogen-bond donors (Lipinski definition) is 0. The molecule has 0 bridgehead atoms. The lowest BCUT2D eigenvalue weighted by atomic mass is 10.00. The van der Waals surface area contributed by atoms with Gasteiger partial charge in [0.15, 0.2) is 0 Å². The number of rotatable bonds is 4. The van der Waals surface area contributed by atoms with Gasteiger partial charge in [0.25, 0.3) is 0 Å². The van der Waals surface area contributed by atoms with Crippen LogP contribution in [0.1, 0.15) is 11.1 Å². The molecule has 0 saturated carbocycles. The number of nitrogens with zero attached hydrogens (tertiary/aromatic N) is 3. The molecule has 0 fully saturated rings. The summed E-state index contributed by atoms with van der Waals surface area (Å²) >= 11 is 3.64. The summed E-state index contributed by atoms with van der Waals surface area (Å²) < 4.78 is 5.11. The highest BCUT2D eigenvalue weighted by Gasteiger charge is 2.17. The van der Waals surface area contributed by atoms with Crippen molar-refractivity contribution in [3.8, 4) is 23.3 Å². The van der Waals surface area contributed by atoms with Crippen LogP contribution in [0.2, 0.25) is 0 Å². The topological polar surface area (TPSA) is 50.8 Å². The van der Waals surface area contributed by atoms with Gasteiger partial charge in [0, 0.05) is 57.4 Å². The average molecular weight is 584 g/mol. The van der Waals surface area contributed by atoms with Crippen molar-refractivity contribution in [2.24, 2.45) is 0 Å². The van der Waals surface area contributed by atoms with E-state index in [1.54, 1.807) is 6.07 Å². The summed E-state index contributed by atoms with van der Waals surface area (Å²) in [5.74, 6) is 0. The second kappa shape index (κ2) is 10.1. The van der Waals surface area contributed by atoms with Crippen molar-refractivity contribution in [1.82, 2.24) is 0 Å². The number of nitriles is 2. The van der Waals surface area contributed by atoms with Crippen LogP contribution in [0, 0.1) is 22.7 Å². The fourth-order valence-corrected chi connectivity index (χ4v) is 8.05. The van der Waals surface area contributed by atoms with Gasteiger partial charge in [-0.05, 0) is 90.0 Å². The summed E-state index contributed by atoms with van der Waals surface area (Å²) in [4.78, 5) is 2.31. The van der Waals surface area contributed by atoms with Crippen LogP contribution < -0.4 is 4.90 Å². The SMILES string of the molecule is N#Cc1cc(C#N)cc(-c2ccc(N(c3ccc4sc5ccccc5c4c3)c3ccc4sc5ccccc5c4c3)cc2)c1. The number of hydrogen-bond acceptors (Lipinski definition) is 5. The molecule has 200 valence electrons. The predicted molar refractivity (Wildman–Crippen MR) is 182 cm³/mol. The molecule has 0 aliphatic rings. The van der Waals surface area contributed by atoms with Gasteiger partial charge in [0.05, 0.1) is 23.3 Å². The molecule has 0 atom stereocenters. The third-order valence-electron chi connectivity index (χ3n) is 7.89. The van der Waals surface area contributed by atoms with Crippen LogP contribution in [0.5, 0.6) is 0 Å². The molecule has 5 heteroatoms. The lowest BCUT2D eigenvalue weighted by Gasteiger charge is -2.26. The van der Waals surface area contributed by atoms with E-state index in [2.05, 4.69) is 126 Å². The average Bonchev–Trinajstić information content (AvgIpc) is 3.63. The summed E-state index contributed by atoms with van der Waals surface area (Å²) in [6.45, 7) is 0. The van der Waals surface area contributed by atoms with Gasteiger partial charge in [-0.25, -0.2) is 0 Å². The van der Waals surface area contributed by atoms with Crippen molar-refractivity contribution in [2.45, 2.75) is 0 Å². The molecule has 0 saturated heterocycles. The van der Waals surface area contributed by atoms with Crippen LogP contribution in [0.25, 0.3) is 51.5 Å². The van der Waals surface area contributed by atoms with Gasteiger partial charge < -0.3 is 4.90 Å². The maximum atomic E-state index is 9.48. The Balaban J connectivity index is 1.31. The molecule has 6 aromatic carbocycles. The zero-order chi connectivity index (χ0) is 28.9. The summed E-state index contributed by atoms with van der Waals surface area (Å²) in [6.07, 6.45) is 0. The van der Waals surface area contributed by atoms with Gasteiger partial charge in [0.2, 0.25) is 0 Å². The van der Waals surface area contributed by atoms with Crippen LogP contribution in [-0.2, 0) is 0 Å². The van der Waals surface area contributed by atoms with Crippen molar-refractivity contribution < 1.29 is 0 Å². The van der Waals surface area contributed by atoms with E-state index in [1.165, 1.54) is 40.3 Å². The Labute approximate surface area is 256 Å². The van der Waals surface area contributed by atoms with Gasteiger partial charge >= 0.3 is 0 Å². The fourth-order valence-electron chi connectivity index (χ4n) is 5.88. The van der Waals surface area contributed by atoms with Crippen molar-refractivity contribution in [3.05, 3.63) is 139 Å². The van der Waals surface area contributed by atoms with Crippen molar-refractivity contribution in [3.63, 3.8) is 0 Å². The summed E-state index contributed by atoms with van der Waals surface area (Å²) in [5.41, 5.74) is 5.96. The van der Waals surface area contributed by atoms with Crippen LogP contribution in [-0.4, -0.2) is 0 Å². The molecule has 0 unspecified atom stereocenters. The summed E-state index contributed by atoms with van der Waals surface area (Å²) in [6, 6.07) is 48.6. The van der Waals surface area contributed by atoms with Gasteiger partial charge in [0.1, 0.15) is 0 Å².